The number of amides is 1. The van der Waals surface area contributed by atoms with Gasteiger partial charge in [-0.05, 0) is 12.1 Å². The largest absolute Gasteiger partial charge is 0.366 e. The van der Waals surface area contributed by atoms with Gasteiger partial charge in [0.05, 0.1) is 6.04 Å². The Kier molecular flexibility index (Phi) is 2.02. The van der Waals surface area contributed by atoms with Gasteiger partial charge < -0.3 is 10.6 Å². The molecule has 5 nitrogen and oxygen atoms in total. The molecule has 1 atom stereocenters. The number of aromatic nitrogens is 2. The van der Waals surface area contributed by atoms with Gasteiger partial charge in [0, 0.05) is 25.4 Å². The molecule has 2 aromatic rings. The fraction of sp³-hybridized carbons (Fsp3) is 0.273. The molecule has 0 spiro atoms. The number of hydrogen-bond acceptors (Lipinski definition) is 3. The minimum absolute atomic E-state index is 0.107. The van der Waals surface area contributed by atoms with Crippen LogP contribution in [0, 0.1) is 0 Å². The van der Waals surface area contributed by atoms with Crippen LogP contribution >= 0.6 is 0 Å². The van der Waals surface area contributed by atoms with Crippen LogP contribution in [0.25, 0.3) is 5.65 Å². The first kappa shape index (κ1) is 9.21. The van der Waals surface area contributed by atoms with Crippen molar-refractivity contribution >= 4 is 17.4 Å². The topological polar surface area (TPSA) is 58.4 Å². The summed E-state index contributed by atoms with van der Waals surface area (Å²) >= 11 is 0. The molecule has 0 aromatic carbocycles. The minimum Gasteiger partial charge on any atom is -0.366 e. The van der Waals surface area contributed by atoms with Gasteiger partial charge in [0.1, 0.15) is 11.5 Å². The summed E-state index contributed by atoms with van der Waals surface area (Å²) in [5, 5.41) is 6.15. The van der Waals surface area contributed by atoms with Crippen LogP contribution in [0.4, 0.5) is 5.82 Å². The van der Waals surface area contributed by atoms with Crippen LogP contribution in [0.3, 0.4) is 0 Å². The summed E-state index contributed by atoms with van der Waals surface area (Å²) < 4.78 is 1.97. The average Bonchev–Trinajstić information content (AvgIpc) is 2.87. The van der Waals surface area contributed by atoms with E-state index in [4.69, 9.17) is 0 Å². The first-order chi connectivity index (χ1) is 7.83. The van der Waals surface area contributed by atoms with E-state index in [1.54, 1.807) is 6.20 Å². The quantitative estimate of drug-likeness (QED) is 0.774. The van der Waals surface area contributed by atoms with E-state index in [2.05, 4.69) is 15.6 Å². The molecule has 16 heavy (non-hydrogen) atoms. The Labute approximate surface area is 92.5 Å². The molecule has 82 valence electrons. The van der Waals surface area contributed by atoms with Gasteiger partial charge in [0.2, 0.25) is 5.91 Å². The van der Waals surface area contributed by atoms with E-state index in [9.17, 15) is 4.79 Å². The van der Waals surface area contributed by atoms with Gasteiger partial charge in [-0.25, -0.2) is 4.98 Å². The van der Waals surface area contributed by atoms with Crippen molar-refractivity contribution in [2.75, 3.05) is 11.9 Å². The summed E-state index contributed by atoms with van der Waals surface area (Å²) in [6, 6.07) is 6.05. The maximum Gasteiger partial charge on any atom is 0.222 e. The van der Waals surface area contributed by atoms with Crippen molar-refractivity contribution in [3.05, 3.63) is 30.6 Å². The van der Waals surface area contributed by atoms with E-state index in [1.807, 2.05) is 28.8 Å². The second-order valence-corrected chi connectivity index (χ2v) is 3.92. The molecule has 0 saturated carbocycles. The van der Waals surface area contributed by atoms with Crippen LogP contribution in [0.5, 0.6) is 0 Å². The molecular formula is C11H12N4O. The van der Waals surface area contributed by atoms with Crippen LogP contribution in [0.1, 0.15) is 6.42 Å². The number of rotatable bonds is 2. The number of carbonyl (C=O) groups excluding carboxylic acids is 1. The Morgan fingerprint density at radius 1 is 1.50 bits per heavy atom. The molecule has 0 radical (unpaired) electrons. The molecule has 2 aromatic heterocycles. The Bertz CT molecular complexity index is 534. The number of anilines is 1. The molecule has 0 aliphatic carbocycles. The smallest absolute Gasteiger partial charge is 0.222 e. The summed E-state index contributed by atoms with van der Waals surface area (Å²) in [6.07, 6.45) is 4.20. The molecule has 0 bridgehead atoms. The number of fused-ring (bicyclic) bond motifs is 1. The number of pyridine rings is 1. The molecule has 1 aliphatic rings. The van der Waals surface area contributed by atoms with E-state index in [-0.39, 0.29) is 11.9 Å². The summed E-state index contributed by atoms with van der Waals surface area (Å²) in [6.45, 7) is 0.684. The second kappa shape index (κ2) is 3.52. The van der Waals surface area contributed by atoms with Crippen LogP contribution < -0.4 is 10.6 Å². The fourth-order valence-corrected chi connectivity index (χ4v) is 1.98. The summed E-state index contributed by atoms with van der Waals surface area (Å²) in [4.78, 5) is 15.3. The predicted octanol–water partition coefficient (Wildman–Crippen LogP) is 0.635. The van der Waals surface area contributed by atoms with Crippen molar-refractivity contribution in [3.63, 3.8) is 0 Å². The second-order valence-electron chi connectivity index (χ2n) is 3.92. The fourth-order valence-electron chi connectivity index (χ4n) is 1.98. The monoisotopic (exact) mass is 216 g/mol. The average molecular weight is 216 g/mol. The molecule has 1 unspecified atom stereocenters. The van der Waals surface area contributed by atoms with E-state index in [0.29, 0.717) is 13.0 Å². The molecule has 3 rings (SSSR count). The van der Waals surface area contributed by atoms with Gasteiger partial charge >= 0.3 is 0 Å². The van der Waals surface area contributed by atoms with Crippen molar-refractivity contribution in [2.24, 2.45) is 0 Å². The van der Waals surface area contributed by atoms with Crippen LogP contribution in [0.15, 0.2) is 30.6 Å². The zero-order chi connectivity index (χ0) is 11.0. The Balaban J connectivity index is 1.88. The Hall–Kier alpha value is -2.04. The maximum absolute atomic E-state index is 11.1. The first-order valence-corrected chi connectivity index (χ1v) is 5.28. The van der Waals surface area contributed by atoms with Crippen molar-refractivity contribution in [2.45, 2.75) is 12.5 Å². The lowest BCUT2D eigenvalue weighted by atomic mass is 10.2. The molecule has 1 amide bonds. The summed E-state index contributed by atoms with van der Waals surface area (Å²) in [5.41, 5.74) is 0.905. The third kappa shape index (κ3) is 1.50. The third-order valence-electron chi connectivity index (χ3n) is 2.76. The highest BCUT2D eigenvalue weighted by molar-refractivity contribution is 5.79. The highest BCUT2D eigenvalue weighted by Crippen LogP contribution is 2.14. The standard InChI is InChI=1S/C11H12N4O/c16-11-6-8(7-13-11)14-10-3-1-2-9-12-4-5-15(9)10/h1-5,8,14H,6-7H2,(H,13,16). The van der Waals surface area contributed by atoms with E-state index >= 15 is 0 Å². The lowest BCUT2D eigenvalue weighted by Crippen LogP contribution is -2.23. The highest BCUT2D eigenvalue weighted by Gasteiger charge is 2.21. The molecule has 1 fully saturated rings. The number of hydrogen-bond donors (Lipinski definition) is 2. The zero-order valence-electron chi connectivity index (χ0n) is 8.68. The molecule has 3 heterocycles. The summed E-state index contributed by atoms with van der Waals surface area (Å²) in [7, 11) is 0. The van der Waals surface area contributed by atoms with Crippen LogP contribution in [0.2, 0.25) is 0 Å². The third-order valence-corrected chi connectivity index (χ3v) is 2.76. The molecule has 1 aliphatic heterocycles. The van der Waals surface area contributed by atoms with Crippen LogP contribution in [-0.2, 0) is 4.79 Å². The Morgan fingerprint density at radius 2 is 2.44 bits per heavy atom. The van der Waals surface area contributed by atoms with E-state index in [1.165, 1.54) is 0 Å². The van der Waals surface area contributed by atoms with Crippen molar-refractivity contribution in [1.29, 1.82) is 0 Å². The lowest BCUT2D eigenvalue weighted by Gasteiger charge is -2.13. The van der Waals surface area contributed by atoms with Crippen molar-refractivity contribution < 1.29 is 4.79 Å². The number of carbonyl (C=O) groups is 1. The van der Waals surface area contributed by atoms with Gasteiger partial charge in [-0.3, -0.25) is 9.20 Å². The first-order valence-electron chi connectivity index (χ1n) is 5.28. The van der Waals surface area contributed by atoms with Crippen LogP contribution in [-0.4, -0.2) is 27.9 Å². The predicted molar refractivity (Wildman–Crippen MR) is 60.2 cm³/mol. The van der Waals surface area contributed by atoms with Gasteiger partial charge in [0.15, 0.2) is 0 Å². The Morgan fingerprint density at radius 3 is 3.25 bits per heavy atom. The molecule has 1 saturated heterocycles. The van der Waals surface area contributed by atoms with Crippen molar-refractivity contribution in [3.8, 4) is 0 Å². The van der Waals surface area contributed by atoms with E-state index in [0.717, 1.165) is 11.5 Å². The summed E-state index contributed by atoms with van der Waals surface area (Å²) in [5.74, 6) is 1.08. The molecular weight excluding hydrogens is 204 g/mol. The highest BCUT2D eigenvalue weighted by atomic mass is 16.1. The van der Waals surface area contributed by atoms with Gasteiger partial charge in [-0.1, -0.05) is 6.07 Å². The van der Waals surface area contributed by atoms with E-state index < -0.39 is 0 Å². The molecule has 5 heteroatoms. The minimum atomic E-state index is 0.107. The normalized spacial score (nSPS) is 20.0. The number of nitrogens with zero attached hydrogens (tertiary/aromatic N) is 2. The molecule has 2 N–H and O–H groups in total. The van der Waals surface area contributed by atoms with Crippen molar-refractivity contribution in [1.82, 2.24) is 14.7 Å². The lowest BCUT2D eigenvalue weighted by molar-refractivity contribution is -0.119. The van der Waals surface area contributed by atoms with Gasteiger partial charge in [-0.15, -0.1) is 0 Å². The number of imidazole rings is 1. The zero-order valence-corrected chi connectivity index (χ0v) is 8.68. The SMILES string of the molecule is O=C1CC(Nc2cccc3nccn23)CN1. The van der Waals surface area contributed by atoms with Gasteiger partial charge in [-0.2, -0.15) is 0 Å². The number of nitrogens with one attached hydrogen (secondary N) is 2. The maximum atomic E-state index is 11.1. The van der Waals surface area contributed by atoms with Gasteiger partial charge in [0.25, 0.3) is 0 Å².